The molecule has 0 radical (unpaired) electrons. The van der Waals surface area contributed by atoms with Crippen LogP contribution in [0.4, 0.5) is 5.69 Å². The average Bonchev–Trinajstić information content (AvgIpc) is 2.68. The fraction of sp³-hybridized carbons (Fsp3) is 0.429. The SMILES string of the molecule is CCS(=O)(=O)NC[C@H](c1ccc(N(C)C)cc1)[NH+]1CCc2ccccc2C1. The molecule has 2 atom stereocenters. The van der Waals surface area contributed by atoms with Crippen molar-refractivity contribution in [1.29, 1.82) is 0 Å². The molecule has 2 N–H and O–H groups in total. The number of fused-ring (bicyclic) bond motifs is 1. The van der Waals surface area contributed by atoms with Crippen LogP contribution >= 0.6 is 0 Å². The van der Waals surface area contributed by atoms with Gasteiger partial charge in [0.25, 0.3) is 0 Å². The van der Waals surface area contributed by atoms with Gasteiger partial charge in [0.1, 0.15) is 12.6 Å². The fourth-order valence-corrected chi connectivity index (χ4v) is 4.34. The van der Waals surface area contributed by atoms with Gasteiger partial charge < -0.3 is 9.80 Å². The lowest BCUT2D eigenvalue weighted by molar-refractivity contribution is -0.945. The molecule has 1 heterocycles. The van der Waals surface area contributed by atoms with E-state index in [1.807, 2.05) is 14.1 Å². The van der Waals surface area contributed by atoms with Gasteiger partial charge in [-0.15, -0.1) is 0 Å². The van der Waals surface area contributed by atoms with Crippen LogP contribution in [0.25, 0.3) is 0 Å². The number of anilines is 1. The minimum Gasteiger partial charge on any atom is -0.378 e. The number of hydrogen-bond acceptors (Lipinski definition) is 3. The molecule has 3 rings (SSSR count). The molecular formula is C21H30N3O2S+. The van der Waals surface area contributed by atoms with Crippen LogP contribution in [0.3, 0.4) is 0 Å². The van der Waals surface area contributed by atoms with Gasteiger partial charge in [0, 0.05) is 37.3 Å². The highest BCUT2D eigenvalue weighted by molar-refractivity contribution is 7.89. The van der Waals surface area contributed by atoms with E-state index >= 15 is 0 Å². The molecule has 1 unspecified atom stereocenters. The summed E-state index contributed by atoms with van der Waals surface area (Å²) in [7, 11) is 0.830. The van der Waals surface area contributed by atoms with E-state index in [9.17, 15) is 8.42 Å². The monoisotopic (exact) mass is 388 g/mol. The number of hydrogen-bond donors (Lipinski definition) is 2. The number of quaternary nitrogens is 1. The highest BCUT2D eigenvalue weighted by atomic mass is 32.2. The van der Waals surface area contributed by atoms with Crippen molar-refractivity contribution in [1.82, 2.24) is 4.72 Å². The Morgan fingerprint density at radius 3 is 2.37 bits per heavy atom. The molecule has 0 spiro atoms. The molecule has 146 valence electrons. The third-order valence-electron chi connectivity index (χ3n) is 5.44. The number of nitrogens with one attached hydrogen (secondary N) is 2. The number of rotatable bonds is 7. The van der Waals surface area contributed by atoms with Crippen molar-refractivity contribution in [2.45, 2.75) is 25.9 Å². The zero-order chi connectivity index (χ0) is 19.4. The summed E-state index contributed by atoms with van der Waals surface area (Å²) in [6.07, 6.45) is 1.03. The minimum atomic E-state index is -3.21. The lowest BCUT2D eigenvalue weighted by atomic mass is 9.96. The van der Waals surface area contributed by atoms with Gasteiger partial charge >= 0.3 is 0 Å². The van der Waals surface area contributed by atoms with Crippen LogP contribution in [0, 0.1) is 0 Å². The van der Waals surface area contributed by atoms with Gasteiger partial charge in [0.2, 0.25) is 10.0 Å². The van der Waals surface area contributed by atoms with E-state index in [0.717, 1.165) is 25.2 Å². The lowest BCUT2D eigenvalue weighted by Crippen LogP contribution is -3.12. The molecule has 0 saturated carbocycles. The smallest absolute Gasteiger partial charge is 0.211 e. The summed E-state index contributed by atoms with van der Waals surface area (Å²) >= 11 is 0. The molecule has 0 aromatic heterocycles. The third-order valence-corrected chi connectivity index (χ3v) is 6.81. The largest absolute Gasteiger partial charge is 0.378 e. The van der Waals surface area contributed by atoms with Gasteiger partial charge in [0.05, 0.1) is 18.8 Å². The van der Waals surface area contributed by atoms with Crippen LogP contribution in [0.15, 0.2) is 48.5 Å². The summed E-state index contributed by atoms with van der Waals surface area (Å²) in [5.74, 6) is 0.109. The molecule has 27 heavy (non-hydrogen) atoms. The van der Waals surface area contributed by atoms with E-state index in [-0.39, 0.29) is 11.8 Å². The van der Waals surface area contributed by atoms with Crippen LogP contribution in [-0.2, 0) is 23.0 Å². The highest BCUT2D eigenvalue weighted by Gasteiger charge is 2.29. The Morgan fingerprint density at radius 1 is 1.07 bits per heavy atom. The average molecular weight is 389 g/mol. The topological polar surface area (TPSA) is 53.9 Å². The maximum Gasteiger partial charge on any atom is 0.211 e. The predicted molar refractivity (Wildman–Crippen MR) is 111 cm³/mol. The molecule has 0 saturated heterocycles. The standard InChI is InChI=1S/C21H29N3O2S/c1-4-27(25,26)22-15-21(18-9-11-20(12-10-18)23(2)3)24-14-13-17-7-5-6-8-19(17)16-24/h5-12,21-22H,4,13-16H2,1-3H3/p+1/t21-/m1/s1. The molecule has 6 heteroatoms. The number of benzene rings is 2. The van der Waals surface area contributed by atoms with Crippen molar-refractivity contribution < 1.29 is 13.3 Å². The van der Waals surface area contributed by atoms with Crippen molar-refractivity contribution in [3.63, 3.8) is 0 Å². The zero-order valence-corrected chi connectivity index (χ0v) is 17.2. The van der Waals surface area contributed by atoms with Crippen molar-refractivity contribution in [2.75, 3.05) is 37.8 Å². The second kappa shape index (κ2) is 8.42. The van der Waals surface area contributed by atoms with Crippen LogP contribution in [0.1, 0.15) is 29.7 Å². The summed E-state index contributed by atoms with van der Waals surface area (Å²) in [6.45, 7) is 4.03. The van der Waals surface area contributed by atoms with Gasteiger partial charge in [-0.05, 0) is 24.6 Å². The van der Waals surface area contributed by atoms with Gasteiger partial charge in [-0.2, -0.15) is 0 Å². The summed E-state index contributed by atoms with van der Waals surface area (Å²) in [5, 5.41) is 0. The van der Waals surface area contributed by atoms with Gasteiger partial charge in [-0.25, -0.2) is 13.1 Å². The minimum absolute atomic E-state index is 0.0934. The summed E-state index contributed by atoms with van der Waals surface area (Å²) in [4.78, 5) is 3.48. The van der Waals surface area contributed by atoms with Crippen LogP contribution in [0.5, 0.6) is 0 Å². The van der Waals surface area contributed by atoms with Gasteiger partial charge in [-0.3, -0.25) is 0 Å². The van der Waals surface area contributed by atoms with Crippen molar-refractivity contribution in [3.05, 3.63) is 65.2 Å². The second-order valence-corrected chi connectivity index (χ2v) is 9.49. The first kappa shape index (κ1) is 19.9. The Kier molecular flexibility index (Phi) is 6.19. The van der Waals surface area contributed by atoms with E-state index in [1.165, 1.54) is 21.6 Å². The maximum atomic E-state index is 12.0. The maximum absolute atomic E-state index is 12.0. The normalized spacial score (nSPS) is 18.0. The van der Waals surface area contributed by atoms with E-state index in [4.69, 9.17) is 0 Å². The van der Waals surface area contributed by atoms with Crippen LogP contribution in [0.2, 0.25) is 0 Å². The van der Waals surface area contributed by atoms with Gasteiger partial charge in [-0.1, -0.05) is 36.4 Å². The highest BCUT2D eigenvalue weighted by Crippen LogP contribution is 2.18. The van der Waals surface area contributed by atoms with Crippen molar-refractivity contribution in [3.8, 4) is 0 Å². The molecule has 2 aromatic rings. The first-order valence-electron chi connectivity index (χ1n) is 9.55. The van der Waals surface area contributed by atoms with Crippen molar-refractivity contribution in [2.24, 2.45) is 0 Å². The van der Waals surface area contributed by atoms with Crippen LogP contribution < -0.4 is 14.5 Å². The summed E-state index contributed by atoms with van der Waals surface area (Å²) in [5.41, 5.74) is 5.10. The van der Waals surface area contributed by atoms with Gasteiger partial charge in [0.15, 0.2) is 0 Å². The van der Waals surface area contributed by atoms with Crippen LogP contribution in [-0.4, -0.2) is 41.4 Å². The van der Waals surface area contributed by atoms with Crippen molar-refractivity contribution >= 4 is 15.7 Å². The third kappa shape index (κ3) is 4.89. The first-order chi connectivity index (χ1) is 12.9. The predicted octanol–water partition coefficient (Wildman–Crippen LogP) is 1.37. The molecule has 0 amide bonds. The Morgan fingerprint density at radius 2 is 1.74 bits per heavy atom. The molecule has 1 aliphatic rings. The summed E-state index contributed by atoms with van der Waals surface area (Å²) in [6, 6.07) is 17.1. The van der Waals surface area contributed by atoms with E-state index in [1.54, 1.807) is 6.92 Å². The van der Waals surface area contributed by atoms with E-state index in [2.05, 4.69) is 58.2 Å². The molecule has 0 aliphatic carbocycles. The van der Waals surface area contributed by atoms with E-state index in [0.29, 0.717) is 6.54 Å². The quantitative estimate of drug-likeness (QED) is 0.753. The Bertz CT molecular complexity index is 863. The number of sulfonamides is 1. The Labute approximate surface area is 163 Å². The first-order valence-corrected chi connectivity index (χ1v) is 11.2. The molecule has 0 fully saturated rings. The Balaban J connectivity index is 1.85. The Hall–Kier alpha value is -1.89. The molecule has 1 aliphatic heterocycles. The molecule has 0 bridgehead atoms. The number of nitrogens with zero attached hydrogens (tertiary/aromatic N) is 1. The molecular weight excluding hydrogens is 358 g/mol. The second-order valence-electron chi connectivity index (χ2n) is 7.39. The summed E-state index contributed by atoms with van der Waals surface area (Å²) < 4.78 is 26.9. The van der Waals surface area contributed by atoms with E-state index < -0.39 is 10.0 Å². The molecule has 5 nitrogen and oxygen atoms in total. The molecule has 2 aromatic carbocycles. The fourth-order valence-electron chi connectivity index (χ4n) is 3.71. The lowest BCUT2D eigenvalue weighted by Gasteiger charge is -2.33. The zero-order valence-electron chi connectivity index (χ0n) is 16.4.